The number of hydrogen-bond acceptors (Lipinski definition) is 8. The van der Waals surface area contributed by atoms with Gasteiger partial charge in [0.15, 0.2) is 17.5 Å². The molecule has 0 aliphatic carbocycles. The summed E-state index contributed by atoms with van der Waals surface area (Å²) in [4.78, 5) is 26.8. The number of carbonyl (C=O) groups is 2. The van der Waals surface area contributed by atoms with Crippen molar-refractivity contribution in [2.75, 3.05) is 6.54 Å². The predicted molar refractivity (Wildman–Crippen MR) is 117 cm³/mol. The van der Waals surface area contributed by atoms with E-state index in [-0.39, 0.29) is 31.5 Å². The van der Waals surface area contributed by atoms with Crippen LogP contribution >= 0.6 is 0 Å². The van der Waals surface area contributed by atoms with E-state index in [2.05, 4.69) is 10.2 Å². The van der Waals surface area contributed by atoms with Crippen LogP contribution in [0.1, 0.15) is 40.1 Å². The SMILES string of the molecule is NC(CC(=O)N1CCn2c(nnc2C(F)(F)F)C1)C(OC(=O)c1cc(O)ccc1O)c1cc(F)c(F)cc1F. The standard InChI is InChI=1S/C23H19F6N5O5/c24-13-7-15(26)14(25)6-11(13)20(39-21(38)12-5-10(35)1-2-17(12)36)16(30)8-19(37)33-3-4-34-18(9-33)31-32-22(34)23(27,28)29/h1-2,5-7,16,20,35-36H,3-4,8-9,30H2. The van der Waals surface area contributed by atoms with Crippen LogP contribution in [0, 0.1) is 17.5 Å². The molecule has 1 aliphatic heterocycles. The lowest BCUT2D eigenvalue weighted by molar-refractivity contribution is -0.148. The number of phenols is 2. The zero-order chi connectivity index (χ0) is 28.6. The van der Waals surface area contributed by atoms with Gasteiger partial charge in [0.25, 0.3) is 0 Å². The van der Waals surface area contributed by atoms with Gasteiger partial charge in [0.1, 0.15) is 29.0 Å². The summed E-state index contributed by atoms with van der Waals surface area (Å²) in [5.41, 5.74) is 4.76. The highest BCUT2D eigenvalue weighted by atomic mass is 19.4. The van der Waals surface area contributed by atoms with Gasteiger partial charge >= 0.3 is 12.1 Å². The van der Waals surface area contributed by atoms with Gasteiger partial charge in [0.2, 0.25) is 11.7 Å². The zero-order valence-electron chi connectivity index (χ0n) is 19.6. The molecule has 0 saturated carbocycles. The van der Waals surface area contributed by atoms with Crippen molar-refractivity contribution in [3.8, 4) is 11.5 Å². The third-order valence-corrected chi connectivity index (χ3v) is 5.94. The summed E-state index contributed by atoms with van der Waals surface area (Å²) in [6, 6.07) is 1.83. The van der Waals surface area contributed by atoms with Crippen LogP contribution in [0.25, 0.3) is 0 Å². The second-order valence-corrected chi connectivity index (χ2v) is 8.59. The van der Waals surface area contributed by atoms with Crippen LogP contribution in [-0.2, 0) is 28.8 Å². The third-order valence-electron chi connectivity index (χ3n) is 5.94. The molecular weight excluding hydrogens is 540 g/mol. The number of nitrogens with two attached hydrogens (primary N) is 1. The molecule has 3 aromatic rings. The Bertz CT molecular complexity index is 1430. The van der Waals surface area contributed by atoms with Gasteiger partial charge in [-0.2, -0.15) is 13.2 Å². The Kier molecular flexibility index (Phi) is 7.41. The van der Waals surface area contributed by atoms with Crippen LogP contribution in [0.15, 0.2) is 30.3 Å². The van der Waals surface area contributed by atoms with Gasteiger partial charge in [0.05, 0.1) is 12.6 Å². The van der Waals surface area contributed by atoms with Crippen molar-refractivity contribution in [2.24, 2.45) is 5.73 Å². The highest BCUT2D eigenvalue weighted by Gasteiger charge is 2.40. The van der Waals surface area contributed by atoms with Crippen molar-refractivity contribution in [1.82, 2.24) is 19.7 Å². The number of halogens is 6. The Hall–Kier alpha value is -4.34. The Labute approximate surface area is 215 Å². The van der Waals surface area contributed by atoms with Gasteiger partial charge < -0.3 is 30.2 Å². The van der Waals surface area contributed by atoms with Crippen LogP contribution < -0.4 is 5.73 Å². The fourth-order valence-corrected chi connectivity index (χ4v) is 4.02. The molecule has 0 bridgehead atoms. The quantitative estimate of drug-likeness (QED) is 0.181. The molecule has 2 heterocycles. The number of amides is 1. The van der Waals surface area contributed by atoms with Crippen molar-refractivity contribution in [2.45, 2.75) is 37.8 Å². The molecule has 4 N–H and O–H groups in total. The van der Waals surface area contributed by atoms with Gasteiger partial charge in [-0.3, -0.25) is 4.79 Å². The number of benzene rings is 2. The predicted octanol–water partition coefficient (Wildman–Crippen LogP) is 2.78. The van der Waals surface area contributed by atoms with Crippen molar-refractivity contribution in [3.63, 3.8) is 0 Å². The summed E-state index contributed by atoms with van der Waals surface area (Å²) in [7, 11) is 0. The molecular formula is C23H19F6N5O5. The minimum atomic E-state index is -4.75. The largest absolute Gasteiger partial charge is 0.508 e. The number of aromatic hydroxyl groups is 2. The van der Waals surface area contributed by atoms with Crippen LogP contribution in [0.2, 0.25) is 0 Å². The van der Waals surface area contributed by atoms with E-state index in [0.717, 1.165) is 27.7 Å². The average molecular weight is 559 g/mol. The van der Waals surface area contributed by atoms with E-state index in [0.29, 0.717) is 6.07 Å². The molecule has 1 aliphatic rings. The number of aromatic nitrogens is 3. The van der Waals surface area contributed by atoms with Crippen molar-refractivity contribution < 1.29 is 50.9 Å². The summed E-state index contributed by atoms with van der Waals surface area (Å²) in [5.74, 6) is -8.97. The number of alkyl halides is 3. The van der Waals surface area contributed by atoms with E-state index < -0.39 is 82.5 Å². The van der Waals surface area contributed by atoms with Gasteiger partial charge in [0, 0.05) is 31.1 Å². The van der Waals surface area contributed by atoms with Gasteiger partial charge in [-0.15, -0.1) is 10.2 Å². The van der Waals surface area contributed by atoms with Gasteiger partial charge in [-0.05, 0) is 24.3 Å². The summed E-state index contributed by atoms with van der Waals surface area (Å²) in [6.45, 7) is -0.845. The lowest BCUT2D eigenvalue weighted by Crippen LogP contribution is -2.43. The number of rotatable bonds is 6. The molecule has 2 atom stereocenters. The van der Waals surface area contributed by atoms with Gasteiger partial charge in [-0.25, -0.2) is 18.0 Å². The maximum Gasteiger partial charge on any atom is 0.451 e. The fourth-order valence-electron chi connectivity index (χ4n) is 4.02. The Morgan fingerprint density at radius 2 is 1.72 bits per heavy atom. The van der Waals surface area contributed by atoms with Crippen LogP contribution in [-0.4, -0.2) is 54.3 Å². The third kappa shape index (κ3) is 5.74. The minimum Gasteiger partial charge on any atom is -0.508 e. The van der Waals surface area contributed by atoms with E-state index in [1.54, 1.807) is 0 Å². The molecule has 1 amide bonds. The highest BCUT2D eigenvalue weighted by molar-refractivity contribution is 5.93. The number of phenolic OH excluding ortho intramolecular Hbond substituents is 2. The zero-order valence-corrected chi connectivity index (χ0v) is 19.6. The molecule has 4 rings (SSSR count). The number of fused-ring (bicyclic) bond motifs is 1. The number of esters is 1. The fraction of sp³-hybridized carbons (Fsp3) is 0.304. The van der Waals surface area contributed by atoms with Crippen molar-refractivity contribution in [1.29, 1.82) is 0 Å². The number of ether oxygens (including phenoxy) is 1. The topological polar surface area (TPSA) is 144 Å². The smallest absolute Gasteiger partial charge is 0.451 e. The first kappa shape index (κ1) is 27.7. The summed E-state index contributed by atoms with van der Waals surface area (Å²) < 4.78 is 87.4. The summed E-state index contributed by atoms with van der Waals surface area (Å²) in [5, 5.41) is 26.1. The molecule has 0 spiro atoms. The first-order valence-corrected chi connectivity index (χ1v) is 11.2. The normalized spacial score (nSPS) is 15.0. The maximum absolute atomic E-state index is 14.6. The van der Waals surface area contributed by atoms with E-state index in [9.17, 15) is 46.1 Å². The molecule has 10 nitrogen and oxygen atoms in total. The second-order valence-electron chi connectivity index (χ2n) is 8.59. The molecule has 16 heteroatoms. The van der Waals surface area contributed by atoms with Crippen molar-refractivity contribution in [3.05, 3.63) is 70.6 Å². The highest BCUT2D eigenvalue weighted by Crippen LogP contribution is 2.32. The number of carbonyl (C=O) groups excluding carboxylic acids is 2. The van der Waals surface area contributed by atoms with E-state index >= 15 is 0 Å². The molecule has 208 valence electrons. The van der Waals surface area contributed by atoms with Crippen molar-refractivity contribution >= 4 is 11.9 Å². The average Bonchev–Trinajstić information content (AvgIpc) is 3.30. The molecule has 0 radical (unpaired) electrons. The summed E-state index contributed by atoms with van der Waals surface area (Å²) in [6.07, 6.45) is -7.33. The molecule has 39 heavy (non-hydrogen) atoms. The lowest BCUT2D eigenvalue weighted by Gasteiger charge is -2.30. The van der Waals surface area contributed by atoms with Crippen LogP contribution in [0.4, 0.5) is 26.3 Å². The Morgan fingerprint density at radius 3 is 2.41 bits per heavy atom. The Balaban J connectivity index is 1.58. The minimum absolute atomic E-state index is 0.149. The van der Waals surface area contributed by atoms with E-state index in [4.69, 9.17) is 10.5 Å². The van der Waals surface area contributed by atoms with E-state index in [1.165, 1.54) is 0 Å². The monoisotopic (exact) mass is 559 g/mol. The molecule has 0 fully saturated rings. The lowest BCUT2D eigenvalue weighted by atomic mass is 9.98. The molecule has 1 aromatic heterocycles. The first-order chi connectivity index (χ1) is 18.3. The summed E-state index contributed by atoms with van der Waals surface area (Å²) >= 11 is 0. The van der Waals surface area contributed by atoms with E-state index in [1.807, 2.05) is 0 Å². The molecule has 2 unspecified atom stereocenters. The number of nitrogens with zero attached hydrogens (tertiary/aromatic N) is 4. The van der Waals surface area contributed by atoms with Crippen LogP contribution in [0.5, 0.6) is 11.5 Å². The Morgan fingerprint density at radius 1 is 1.03 bits per heavy atom. The second kappa shape index (κ2) is 10.4. The number of hydrogen-bond donors (Lipinski definition) is 3. The van der Waals surface area contributed by atoms with Crippen LogP contribution in [0.3, 0.4) is 0 Å². The first-order valence-electron chi connectivity index (χ1n) is 11.2. The molecule has 2 aromatic carbocycles. The van der Waals surface area contributed by atoms with Gasteiger partial charge in [-0.1, -0.05) is 0 Å². The molecule has 0 saturated heterocycles. The maximum atomic E-state index is 14.6.